The Morgan fingerprint density at radius 3 is 3.00 bits per heavy atom. The van der Waals surface area contributed by atoms with E-state index in [9.17, 15) is 9.18 Å². The molecule has 1 heterocycles. The van der Waals surface area contributed by atoms with Gasteiger partial charge in [0.2, 0.25) is 5.91 Å². The summed E-state index contributed by atoms with van der Waals surface area (Å²) in [6.45, 7) is 4.81. The van der Waals surface area contributed by atoms with Crippen LogP contribution in [0.2, 0.25) is 0 Å². The molecule has 0 radical (unpaired) electrons. The molecule has 1 aromatic carbocycles. The van der Waals surface area contributed by atoms with E-state index in [0.717, 1.165) is 36.9 Å². The van der Waals surface area contributed by atoms with Gasteiger partial charge in [0.15, 0.2) is 0 Å². The van der Waals surface area contributed by atoms with Crippen LogP contribution in [0.3, 0.4) is 0 Å². The maximum atomic E-state index is 13.2. The number of aryl methyl sites for hydroxylation is 1. The molecule has 0 saturated carbocycles. The van der Waals surface area contributed by atoms with E-state index in [1.165, 1.54) is 6.07 Å². The minimum absolute atomic E-state index is 0.133. The fourth-order valence-electron chi connectivity index (χ4n) is 2.84. The molecule has 3 nitrogen and oxygen atoms in total. The number of piperidine rings is 1. The molecule has 0 aliphatic carbocycles. The quantitative estimate of drug-likeness (QED) is 0.889. The van der Waals surface area contributed by atoms with Gasteiger partial charge in [-0.3, -0.25) is 4.79 Å². The third-order valence-corrected chi connectivity index (χ3v) is 3.85. The second kappa shape index (κ2) is 6.84. The van der Waals surface area contributed by atoms with Gasteiger partial charge >= 0.3 is 0 Å². The van der Waals surface area contributed by atoms with Crippen molar-refractivity contribution in [2.75, 3.05) is 6.54 Å². The molecule has 1 amide bonds. The largest absolute Gasteiger partial charge is 0.353 e. The first-order chi connectivity index (χ1) is 9.60. The van der Waals surface area contributed by atoms with E-state index >= 15 is 0 Å². The Morgan fingerprint density at radius 1 is 1.50 bits per heavy atom. The van der Waals surface area contributed by atoms with Gasteiger partial charge in [-0.1, -0.05) is 13.0 Å². The second-order valence-corrected chi connectivity index (χ2v) is 5.55. The third kappa shape index (κ3) is 3.79. The summed E-state index contributed by atoms with van der Waals surface area (Å²) in [4.78, 5) is 11.7. The SMILES string of the molecule is CCCC(=O)N[C@H]1CCN[C@@H](c2ccc(F)cc2C)C1. The Morgan fingerprint density at radius 2 is 2.30 bits per heavy atom. The zero-order valence-electron chi connectivity index (χ0n) is 12.2. The molecular weight excluding hydrogens is 255 g/mol. The van der Waals surface area contributed by atoms with Crippen LogP contribution >= 0.6 is 0 Å². The van der Waals surface area contributed by atoms with Crippen LogP contribution in [0.15, 0.2) is 18.2 Å². The summed E-state index contributed by atoms with van der Waals surface area (Å²) >= 11 is 0. The topological polar surface area (TPSA) is 41.1 Å². The number of benzene rings is 1. The normalized spacial score (nSPS) is 22.6. The van der Waals surface area contributed by atoms with Crippen LogP contribution in [0.25, 0.3) is 0 Å². The molecule has 2 N–H and O–H groups in total. The van der Waals surface area contributed by atoms with Crippen molar-refractivity contribution < 1.29 is 9.18 Å². The van der Waals surface area contributed by atoms with Crippen molar-refractivity contribution in [2.45, 2.75) is 51.6 Å². The van der Waals surface area contributed by atoms with E-state index in [0.29, 0.717) is 6.42 Å². The summed E-state index contributed by atoms with van der Waals surface area (Å²) in [5.41, 5.74) is 2.09. The third-order valence-electron chi connectivity index (χ3n) is 3.85. The fraction of sp³-hybridized carbons (Fsp3) is 0.562. The van der Waals surface area contributed by atoms with Crippen molar-refractivity contribution in [2.24, 2.45) is 0 Å². The number of hydrogen-bond acceptors (Lipinski definition) is 2. The standard InChI is InChI=1S/C16H23FN2O/c1-3-4-16(20)19-13-7-8-18-15(10-13)14-6-5-12(17)9-11(14)2/h5-6,9,13,15,18H,3-4,7-8,10H2,1-2H3,(H,19,20)/t13-,15+/m0/s1. The van der Waals surface area contributed by atoms with Gasteiger partial charge in [-0.2, -0.15) is 0 Å². The molecule has 1 aliphatic rings. The van der Waals surface area contributed by atoms with Gasteiger partial charge in [-0.05, 0) is 56.0 Å². The maximum Gasteiger partial charge on any atom is 0.220 e. The first-order valence-electron chi connectivity index (χ1n) is 7.39. The van der Waals surface area contributed by atoms with E-state index in [-0.39, 0.29) is 23.8 Å². The van der Waals surface area contributed by atoms with Crippen LogP contribution in [0.5, 0.6) is 0 Å². The zero-order chi connectivity index (χ0) is 14.5. The minimum atomic E-state index is -0.199. The molecule has 1 fully saturated rings. The van der Waals surface area contributed by atoms with Crippen LogP contribution in [-0.2, 0) is 4.79 Å². The number of amides is 1. The number of rotatable bonds is 4. The Hall–Kier alpha value is -1.42. The monoisotopic (exact) mass is 278 g/mol. The van der Waals surface area contributed by atoms with E-state index in [4.69, 9.17) is 0 Å². The lowest BCUT2D eigenvalue weighted by Crippen LogP contribution is -2.44. The molecule has 0 unspecified atom stereocenters. The molecule has 1 saturated heterocycles. The first-order valence-corrected chi connectivity index (χ1v) is 7.39. The highest BCUT2D eigenvalue weighted by molar-refractivity contribution is 5.76. The summed E-state index contributed by atoms with van der Waals surface area (Å²) in [7, 11) is 0. The van der Waals surface area contributed by atoms with E-state index in [1.807, 2.05) is 19.9 Å². The van der Waals surface area contributed by atoms with Gasteiger partial charge in [0, 0.05) is 18.5 Å². The molecule has 1 aromatic rings. The van der Waals surface area contributed by atoms with Crippen LogP contribution in [0, 0.1) is 12.7 Å². The highest BCUT2D eigenvalue weighted by Crippen LogP contribution is 2.26. The zero-order valence-corrected chi connectivity index (χ0v) is 12.2. The Labute approximate surface area is 120 Å². The van der Waals surface area contributed by atoms with Crippen LogP contribution < -0.4 is 10.6 Å². The predicted molar refractivity (Wildman–Crippen MR) is 78.0 cm³/mol. The Balaban J connectivity index is 2.01. The summed E-state index contributed by atoms with van der Waals surface area (Å²) in [5, 5.41) is 6.55. The van der Waals surface area contributed by atoms with E-state index < -0.39 is 0 Å². The average Bonchev–Trinajstić information content (AvgIpc) is 2.39. The number of hydrogen-bond donors (Lipinski definition) is 2. The van der Waals surface area contributed by atoms with Crippen molar-refractivity contribution in [1.82, 2.24) is 10.6 Å². The lowest BCUT2D eigenvalue weighted by atomic mass is 9.91. The molecule has 0 aromatic heterocycles. The van der Waals surface area contributed by atoms with Gasteiger partial charge in [-0.25, -0.2) is 4.39 Å². The summed E-state index contributed by atoms with van der Waals surface area (Å²) < 4.78 is 13.2. The Kier molecular flexibility index (Phi) is 5.12. The number of carbonyl (C=O) groups excluding carboxylic acids is 1. The smallest absolute Gasteiger partial charge is 0.220 e. The predicted octanol–water partition coefficient (Wildman–Crippen LogP) is 2.84. The molecule has 4 heteroatoms. The van der Waals surface area contributed by atoms with Gasteiger partial charge in [-0.15, -0.1) is 0 Å². The molecule has 110 valence electrons. The molecule has 2 rings (SSSR count). The molecule has 2 atom stereocenters. The number of nitrogens with one attached hydrogen (secondary N) is 2. The lowest BCUT2D eigenvalue weighted by molar-refractivity contribution is -0.122. The van der Waals surface area contributed by atoms with Crippen LogP contribution in [0.1, 0.15) is 49.8 Å². The highest BCUT2D eigenvalue weighted by atomic mass is 19.1. The van der Waals surface area contributed by atoms with Crippen LogP contribution in [-0.4, -0.2) is 18.5 Å². The van der Waals surface area contributed by atoms with Crippen LogP contribution in [0.4, 0.5) is 4.39 Å². The van der Waals surface area contributed by atoms with E-state index in [1.54, 1.807) is 6.07 Å². The lowest BCUT2D eigenvalue weighted by Gasteiger charge is -2.32. The fourth-order valence-corrected chi connectivity index (χ4v) is 2.84. The minimum Gasteiger partial charge on any atom is -0.353 e. The molecule has 0 bridgehead atoms. The van der Waals surface area contributed by atoms with Crippen molar-refractivity contribution in [3.63, 3.8) is 0 Å². The van der Waals surface area contributed by atoms with Gasteiger partial charge in [0.25, 0.3) is 0 Å². The summed E-state index contributed by atoms with van der Waals surface area (Å²) in [6.07, 6.45) is 3.27. The summed E-state index contributed by atoms with van der Waals surface area (Å²) in [5.74, 6) is -0.0659. The summed E-state index contributed by atoms with van der Waals surface area (Å²) in [6, 6.07) is 5.32. The van der Waals surface area contributed by atoms with Gasteiger partial charge in [0.05, 0.1) is 0 Å². The van der Waals surface area contributed by atoms with Crippen molar-refractivity contribution in [3.8, 4) is 0 Å². The Bertz CT molecular complexity index is 476. The molecule has 0 spiro atoms. The van der Waals surface area contributed by atoms with Crippen molar-refractivity contribution >= 4 is 5.91 Å². The number of halogens is 1. The van der Waals surface area contributed by atoms with Gasteiger partial charge < -0.3 is 10.6 Å². The second-order valence-electron chi connectivity index (χ2n) is 5.55. The molecular formula is C16H23FN2O. The maximum absolute atomic E-state index is 13.2. The number of carbonyl (C=O) groups is 1. The molecule has 1 aliphatic heterocycles. The van der Waals surface area contributed by atoms with Crippen molar-refractivity contribution in [1.29, 1.82) is 0 Å². The van der Waals surface area contributed by atoms with Crippen molar-refractivity contribution in [3.05, 3.63) is 35.1 Å². The first kappa shape index (κ1) is 15.0. The van der Waals surface area contributed by atoms with E-state index in [2.05, 4.69) is 10.6 Å². The van der Waals surface area contributed by atoms with Gasteiger partial charge in [0.1, 0.15) is 5.82 Å². The molecule has 20 heavy (non-hydrogen) atoms. The average molecular weight is 278 g/mol. The highest BCUT2D eigenvalue weighted by Gasteiger charge is 2.24.